The number of benzene rings is 2. The van der Waals surface area contributed by atoms with Gasteiger partial charge in [-0.1, -0.05) is 65.8 Å². The van der Waals surface area contributed by atoms with E-state index in [1.54, 1.807) is 0 Å². The molecule has 0 radical (unpaired) electrons. The molecular weight excluding hydrogens is 320 g/mol. The fraction of sp³-hybridized carbons (Fsp3) is 0.417. The highest BCUT2D eigenvalue weighted by Gasteiger charge is 2.13. The third-order valence-electron chi connectivity index (χ3n) is 4.30. The lowest BCUT2D eigenvalue weighted by Gasteiger charge is -2.19. The molecule has 0 aliphatic carbocycles. The number of hydrogen-bond acceptors (Lipinski definition) is 2. The Morgan fingerprint density at radius 2 is 0.885 bits per heavy atom. The molecular formula is C24H32O2. The van der Waals surface area contributed by atoms with Crippen LogP contribution in [0.2, 0.25) is 0 Å². The fourth-order valence-corrected chi connectivity index (χ4v) is 2.53. The van der Waals surface area contributed by atoms with Crippen LogP contribution in [0, 0.1) is 0 Å². The molecule has 0 aliphatic heterocycles. The molecule has 2 rings (SSSR count). The maximum Gasteiger partial charge on any atom is 0.119 e. The summed E-state index contributed by atoms with van der Waals surface area (Å²) < 4.78 is 11.5. The van der Waals surface area contributed by atoms with Crippen molar-refractivity contribution in [1.29, 1.82) is 0 Å². The summed E-state index contributed by atoms with van der Waals surface area (Å²) in [5, 5.41) is 0. The average Bonchev–Trinajstić information content (AvgIpc) is 2.57. The van der Waals surface area contributed by atoms with Crippen LogP contribution in [0.1, 0.15) is 52.7 Å². The first kappa shape index (κ1) is 20.1. The Kier molecular flexibility index (Phi) is 6.52. The summed E-state index contributed by atoms with van der Waals surface area (Å²) in [5.74, 6) is 1.78. The summed E-state index contributed by atoms with van der Waals surface area (Å²) in [4.78, 5) is 0. The zero-order valence-electron chi connectivity index (χ0n) is 17.0. The molecule has 0 saturated carbocycles. The maximum atomic E-state index is 5.74. The van der Waals surface area contributed by atoms with Gasteiger partial charge < -0.3 is 9.47 Å². The fourth-order valence-electron chi connectivity index (χ4n) is 2.53. The van der Waals surface area contributed by atoms with E-state index in [0.29, 0.717) is 13.2 Å². The lowest BCUT2D eigenvalue weighted by atomic mass is 9.87. The van der Waals surface area contributed by atoms with Gasteiger partial charge in [-0.05, 0) is 58.4 Å². The zero-order chi connectivity index (χ0) is 19.2. The van der Waals surface area contributed by atoms with E-state index in [9.17, 15) is 0 Å². The molecule has 0 bridgehead atoms. The summed E-state index contributed by atoms with van der Waals surface area (Å²) in [7, 11) is 0. The van der Waals surface area contributed by atoms with E-state index >= 15 is 0 Å². The average molecular weight is 353 g/mol. The van der Waals surface area contributed by atoms with Crippen molar-refractivity contribution >= 4 is 0 Å². The Morgan fingerprint density at radius 3 is 1.15 bits per heavy atom. The van der Waals surface area contributed by atoms with Gasteiger partial charge in [-0.25, -0.2) is 0 Å². The minimum atomic E-state index is 0.168. The van der Waals surface area contributed by atoms with Gasteiger partial charge in [0, 0.05) is 0 Å². The van der Waals surface area contributed by atoms with Crippen LogP contribution in [0.5, 0.6) is 11.5 Å². The molecule has 140 valence electrons. The van der Waals surface area contributed by atoms with Crippen molar-refractivity contribution in [2.45, 2.75) is 52.4 Å². The van der Waals surface area contributed by atoms with Gasteiger partial charge in [-0.3, -0.25) is 0 Å². The van der Waals surface area contributed by atoms with Crippen LogP contribution >= 0.6 is 0 Å². The van der Waals surface area contributed by atoms with Crippen LogP contribution in [0.15, 0.2) is 60.7 Å². The Hall–Kier alpha value is -2.22. The Balaban J connectivity index is 1.73. The lowest BCUT2D eigenvalue weighted by Crippen LogP contribution is -2.10. The summed E-state index contributed by atoms with van der Waals surface area (Å²) in [6.07, 6.45) is 3.97. The maximum absolute atomic E-state index is 5.74. The molecule has 0 heterocycles. The van der Waals surface area contributed by atoms with E-state index in [4.69, 9.17) is 9.47 Å². The molecule has 0 N–H and O–H groups in total. The monoisotopic (exact) mass is 352 g/mol. The first-order valence-electron chi connectivity index (χ1n) is 9.28. The topological polar surface area (TPSA) is 18.5 Å². The molecule has 2 nitrogen and oxygen atoms in total. The van der Waals surface area contributed by atoms with Gasteiger partial charge in [0.2, 0.25) is 0 Å². The van der Waals surface area contributed by atoms with Crippen LogP contribution in [-0.4, -0.2) is 13.2 Å². The van der Waals surface area contributed by atoms with Gasteiger partial charge in [-0.15, -0.1) is 0 Å². The van der Waals surface area contributed by atoms with Crippen LogP contribution < -0.4 is 9.47 Å². The Labute approximate surface area is 158 Å². The molecule has 2 heteroatoms. The first-order chi connectivity index (χ1) is 12.2. The van der Waals surface area contributed by atoms with Crippen molar-refractivity contribution in [3.8, 4) is 11.5 Å². The van der Waals surface area contributed by atoms with Crippen molar-refractivity contribution in [1.82, 2.24) is 0 Å². The van der Waals surface area contributed by atoms with Crippen molar-refractivity contribution in [2.24, 2.45) is 0 Å². The molecule has 0 amide bonds. The second kappa shape index (κ2) is 8.44. The summed E-state index contributed by atoms with van der Waals surface area (Å²) in [5.41, 5.74) is 2.96. The van der Waals surface area contributed by atoms with E-state index in [-0.39, 0.29) is 10.8 Å². The summed E-state index contributed by atoms with van der Waals surface area (Å²) in [6.45, 7) is 14.3. The highest BCUT2D eigenvalue weighted by molar-refractivity contribution is 5.32. The molecule has 2 aromatic rings. The van der Waals surface area contributed by atoms with Crippen LogP contribution in [-0.2, 0) is 10.8 Å². The third-order valence-corrected chi connectivity index (χ3v) is 4.30. The van der Waals surface area contributed by atoms with E-state index < -0.39 is 0 Å². The van der Waals surface area contributed by atoms with E-state index in [2.05, 4.69) is 65.8 Å². The normalized spacial score (nSPS) is 12.4. The Morgan fingerprint density at radius 1 is 0.577 bits per heavy atom. The predicted octanol–water partition coefficient (Wildman–Crippen LogP) is 6.30. The predicted molar refractivity (Wildman–Crippen MR) is 110 cm³/mol. The van der Waals surface area contributed by atoms with Gasteiger partial charge in [-0.2, -0.15) is 0 Å². The number of hydrogen-bond donors (Lipinski definition) is 0. The summed E-state index contributed by atoms with van der Waals surface area (Å²) >= 11 is 0. The molecule has 2 aromatic carbocycles. The third kappa shape index (κ3) is 6.25. The van der Waals surface area contributed by atoms with E-state index in [0.717, 1.165) is 11.5 Å². The molecule has 0 aromatic heterocycles. The van der Waals surface area contributed by atoms with E-state index in [1.165, 1.54) is 11.1 Å². The SMILES string of the molecule is CC(C)(C)c1ccc(OC/C=C/COc2ccc(C(C)(C)C)cc2)cc1. The van der Waals surface area contributed by atoms with Gasteiger partial charge in [0.05, 0.1) is 0 Å². The second-order valence-corrected chi connectivity index (χ2v) is 8.64. The Bertz CT molecular complexity index is 632. The standard InChI is InChI=1S/C24H32O2/c1-23(2,3)19-9-13-21(14-10-19)25-17-7-8-18-26-22-15-11-20(12-16-22)24(4,5)6/h7-16H,17-18H2,1-6H3/b8-7+. The second-order valence-electron chi connectivity index (χ2n) is 8.64. The quantitative estimate of drug-likeness (QED) is 0.568. The smallest absolute Gasteiger partial charge is 0.119 e. The molecule has 0 saturated heterocycles. The molecule has 0 atom stereocenters. The molecule has 0 spiro atoms. The molecule has 0 aliphatic rings. The van der Waals surface area contributed by atoms with Crippen molar-refractivity contribution in [3.05, 3.63) is 71.8 Å². The highest BCUT2D eigenvalue weighted by Crippen LogP contribution is 2.25. The number of rotatable bonds is 6. The highest BCUT2D eigenvalue weighted by atomic mass is 16.5. The lowest BCUT2D eigenvalue weighted by molar-refractivity contribution is 0.350. The van der Waals surface area contributed by atoms with Gasteiger partial charge in [0.15, 0.2) is 0 Å². The zero-order valence-corrected chi connectivity index (χ0v) is 17.0. The summed E-state index contributed by atoms with van der Waals surface area (Å²) in [6, 6.07) is 16.6. The first-order valence-corrected chi connectivity index (χ1v) is 9.28. The van der Waals surface area contributed by atoms with Gasteiger partial charge >= 0.3 is 0 Å². The molecule has 26 heavy (non-hydrogen) atoms. The van der Waals surface area contributed by atoms with Crippen molar-refractivity contribution in [2.75, 3.05) is 13.2 Å². The van der Waals surface area contributed by atoms with E-state index in [1.807, 2.05) is 36.4 Å². The van der Waals surface area contributed by atoms with Crippen LogP contribution in [0.25, 0.3) is 0 Å². The van der Waals surface area contributed by atoms with Gasteiger partial charge in [0.1, 0.15) is 24.7 Å². The van der Waals surface area contributed by atoms with Crippen LogP contribution in [0.3, 0.4) is 0 Å². The number of ether oxygens (including phenoxy) is 2. The van der Waals surface area contributed by atoms with Crippen LogP contribution in [0.4, 0.5) is 0 Å². The minimum Gasteiger partial charge on any atom is -0.490 e. The minimum absolute atomic E-state index is 0.168. The molecule has 0 fully saturated rings. The largest absolute Gasteiger partial charge is 0.490 e. The molecule has 0 unspecified atom stereocenters. The van der Waals surface area contributed by atoms with Crippen molar-refractivity contribution in [3.63, 3.8) is 0 Å². The van der Waals surface area contributed by atoms with Gasteiger partial charge in [0.25, 0.3) is 0 Å². The van der Waals surface area contributed by atoms with Crippen molar-refractivity contribution < 1.29 is 9.47 Å².